The molecule has 0 fully saturated rings. The smallest absolute Gasteiger partial charge is 0.270 e. The van der Waals surface area contributed by atoms with E-state index >= 15 is 0 Å². The number of likely N-dealkylation sites (N-methyl/N-ethyl adjacent to an activating group) is 1. The first-order valence-electron chi connectivity index (χ1n) is 13.3. The van der Waals surface area contributed by atoms with Crippen LogP contribution < -0.4 is 9.47 Å². The van der Waals surface area contributed by atoms with Crippen LogP contribution in [0, 0.1) is 6.92 Å². The van der Waals surface area contributed by atoms with Gasteiger partial charge in [-0.2, -0.15) is 0 Å². The molecule has 0 atom stereocenters. The molecule has 0 radical (unpaired) electrons. The molecule has 8 nitrogen and oxygen atoms in total. The van der Waals surface area contributed by atoms with Gasteiger partial charge in [-0.3, -0.25) is 4.79 Å². The summed E-state index contributed by atoms with van der Waals surface area (Å²) in [5.74, 6) is 1.67. The average molecular weight is 548 g/mol. The summed E-state index contributed by atoms with van der Waals surface area (Å²) in [7, 11) is 5.23. The predicted octanol–water partition coefficient (Wildman–Crippen LogP) is 5.69. The molecule has 0 bridgehead atoms. The average Bonchev–Trinajstić information content (AvgIpc) is 3.41. The number of aromatic hydroxyl groups is 1. The minimum absolute atomic E-state index is 0.0462. The van der Waals surface area contributed by atoms with Gasteiger partial charge in [0.05, 0.1) is 20.8 Å². The highest BCUT2D eigenvalue weighted by atomic mass is 16.5. The van der Waals surface area contributed by atoms with Crippen LogP contribution in [0.1, 0.15) is 35.5 Å². The van der Waals surface area contributed by atoms with Crippen molar-refractivity contribution in [3.8, 4) is 17.2 Å². The fourth-order valence-corrected chi connectivity index (χ4v) is 3.89. The molecule has 0 unspecified atom stereocenters. The summed E-state index contributed by atoms with van der Waals surface area (Å²) < 4.78 is 10.5. The fraction of sp³-hybridized carbons (Fsp3) is 0.312. The maximum Gasteiger partial charge on any atom is 0.270 e. The minimum atomic E-state index is -0.202. The largest absolute Gasteiger partial charge is 0.508 e. The summed E-state index contributed by atoms with van der Waals surface area (Å²) in [5.41, 5.74) is 3.59. The number of nitrogens with one attached hydrogen (secondary N) is 1. The standard InChI is InChI=1S/C23H27N3O4.C7H8O.C2H6/c1-25(16-17-5-4-6-19(13-17)29-2)9-10-26(11-12-27)23(28)22-15-18-14-20(30-3)7-8-21(18)24-22;1-6-2-4-7(8)5-3-6;1-2/h4-8,12-15,24H,9-11,16H2,1-3H3;2-5,8H,1H3;1-2H3. The number of carbonyl (C=O) groups is 2. The third-order valence-corrected chi connectivity index (χ3v) is 6.01. The minimum Gasteiger partial charge on any atom is -0.508 e. The number of aldehydes is 1. The molecule has 4 aromatic rings. The van der Waals surface area contributed by atoms with Crippen LogP contribution in [-0.2, 0) is 11.3 Å². The number of methoxy groups -OCH3 is 2. The van der Waals surface area contributed by atoms with E-state index in [1.165, 1.54) is 5.56 Å². The van der Waals surface area contributed by atoms with Crippen LogP contribution in [0.4, 0.5) is 0 Å². The lowest BCUT2D eigenvalue weighted by Gasteiger charge is -2.24. The normalized spacial score (nSPS) is 10.2. The van der Waals surface area contributed by atoms with Gasteiger partial charge in [-0.05, 0) is 68.1 Å². The number of rotatable bonds is 10. The van der Waals surface area contributed by atoms with Crippen molar-refractivity contribution in [1.82, 2.24) is 14.8 Å². The van der Waals surface area contributed by atoms with Crippen molar-refractivity contribution in [1.29, 1.82) is 0 Å². The van der Waals surface area contributed by atoms with Crippen LogP contribution in [0.2, 0.25) is 0 Å². The molecule has 0 aliphatic carbocycles. The Kier molecular flexibility index (Phi) is 13.3. The number of hydrogen-bond acceptors (Lipinski definition) is 6. The topological polar surface area (TPSA) is 95.1 Å². The van der Waals surface area contributed by atoms with Gasteiger partial charge in [0.2, 0.25) is 0 Å². The third kappa shape index (κ3) is 9.78. The predicted molar refractivity (Wildman–Crippen MR) is 160 cm³/mol. The Labute approximate surface area is 237 Å². The number of hydrogen-bond donors (Lipinski definition) is 2. The number of amides is 1. The van der Waals surface area contributed by atoms with Crippen LogP contribution in [0.3, 0.4) is 0 Å². The van der Waals surface area contributed by atoms with Gasteiger partial charge in [0.1, 0.15) is 29.2 Å². The summed E-state index contributed by atoms with van der Waals surface area (Å²) in [6.45, 7) is 7.82. The van der Waals surface area contributed by atoms with Gasteiger partial charge in [0.15, 0.2) is 0 Å². The summed E-state index contributed by atoms with van der Waals surface area (Å²) in [6, 6.07) is 22.3. The Balaban J connectivity index is 0.000000475. The maximum atomic E-state index is 13.0. The number of H-pyrrole nitrogens is 1. The molecule has 4 rings (SSSR count). The number of phenolic OH excluding ortho intramolecular Hbond substituents is 1. The van der Waals surface area contributed by atoms with Crippen molar-refractivity contribution in [3.05, 3.63) is 89.6 Å². The van der Waals surface area contributed by atoms with E-state index in [1.54, 1.807) is 37.3 Å². The summed E-state index contributed by atoms with van der Waals surface area (Å²) in [6.07, 6.45) is 0.756. The zero-order valence-electron chi connectivity index (χ0n) is 24.3. The van der Waals surface area contributed by atoms with Gasteiger partial charge in [-0.25, -0.2) is 0 Å². The molecule has 0 aliphatic rings. The van der Waals surface area contributed by atoms with Crippen LogP contribution in [0.5, 0.6) is 17.2 Å². The van der Waals surface area contributed by atoms with Crippen LogP contribution in [-0.4, -0.2) is 73.0 Å². The molecule has 1 amide bonds. The molecule has 8 heteroatoms. The van der Waals surface area contributed by atoms with E-state index in [2.05, 4.69) is 9.88 Å². The molecule has 40 heavy (non-hydrogen) atoms. The number of fused-ring (bicyclic) bond motifs is 1. The van der Waals surface area contributed by atoms with Crippen molar-refractivity contribution in [2.45, 2.75) is 27.3 Å². The number of nitrogens with zero attached hydrogens (tertiary/aromatic N) is 2. The summed E-state index contributed by atoms with van der Waals surface area (Å²) >= 11 is 0. The Bertz CT molecular complexity index is 1310. The first-order chi connectivity index (χ1) is 19.3. The van der Waals surface area contributed by atoms with Crippen molar-refractivity contribution >= 4 is 23.1 Å². The Morgan fingerprint density at radius 1 is 0.925 bits per heavy atom. The van der Waals surface area contributed by atoms with Crippen molar-refractivity contribution in [2.75, 3.05) is 40.9 Å². The van der Waals surface area contributed by atoms with Crippen LogP contribution >= 0.6 is 0 Å². The Hall–Kier alpha value is -4.30. The van der Waals surface area contributed by atoms with E-state index in [-0.39, 0.29) is 12.5 Å². The second-order valence-electron chi connectivity index (χ2n) is 8.98. The Morgan fingerprint density at radius 2 is 1.60 bits per heavy atom. The highest BCUT2D eigenvalue weighted by Gasteiger charge is 2.18. The van der Waals surface area contributed by atoms with Gasteiger partial charge >= 0.3 is 0 Å². The monoisotopic (exact) mass is 547 g/mol. The van der Waals surface area contributed by atoms with Crippen LogP contribution in [0.25, 0.3) is 10.9 Å². The first kappa shape index (κ1) is 31.9. The molecule has 0 aliphatic heterocycles. The molecule has 2 N–H and O–H groups in total. The van der Waals surface area contributed by atoms with E-state index in [9.17, 15) is 9.59 Å². The highest BCUT2D eigenvalue weighted by Crippen LogP contribution is 2.22. The zero-order chi connectivity index (χ0) is 29.5. The number of benzene rings is 3. The highest BCUT2D eigenvalue weighted by molar-refractivity contribution is 5.99. The number of carbonyl (C=O) groups excluding carboxylic acids is 2. The lowest BCUT2D eigenvalue weighted by molar-refractivity contribution is -0.108. The van der Waals surface area contributed by atoms with Gasteiger partial charge in [0, 0.05) is 30.5 Å². The lowest BCUT2D eigenvalue weighted by Crippen LogP contribution is -2.38. The molecule has 0 saturated carbocycles. The quantitative estimate of drug-likeness (QED) is 0.248. The van der Waals surface area contributed by atoms with Gasteiger partial charge in [0.25, 0.3) is 5.91 Å². The second-order valence-corrected chi connectivity index (χ2v) is 8.98. The van der Waals surface area contributed by atoms with E-state index in [4.69, 9.17) is 14.6 Å². The molecule has 1 aromatic heterocycles. The third-order valence-electron chi connectivity index (χ3n) is 6.01. The summed E-state index contributed by atoms with van der Waals surface area (Å²) in [4.78, 5) is 30.9. The molecule has 0 spiro atoms. The second kappa shape index (κ2) is 16.6. The number of ether oxygens (including phenoxy) is 2. The van der Waals surface area contributed by atoms with Gasteiger partial charge < -0.3 is 34.2 Å². The molecular weight excluding hydrogens is 506 g/mol. The van der Waals surface area contributed by atoms with Crippen molar-refractivity contribution < 1.29 is 24.2 Å². The number of aromatic amines is 1. The van der Waals surface area contributed by atoms with Crippen LogP contribution in [0.15, 0.2) is 72.8 Å². The number of phenols is 1. The fourth-order valence-electron chi connectivity index (χ4n) is 3.89. The first-order valence-corrected chi connectivity index (χ1v) is 13.3. The molecule has 0 saturated heterocycles. The SMILES string of the molecule is CC.COc1cccc(CN(C)CCN(CC=O)C(=O)c2cc3cc(OC)ccc3[nH]2)c1.Cc1ccc(O)cc1. The van der Waals surface area contributed by atoms with Crippen molar-refractivity contribution in [3.63, 3.8) is 0 Å². The number of aromatic nitrogens is 1. The molecule has 1 heterocycles. The Morgan fingerprint density at radius 3 is 2.23 bits per heavy atom. The molecule has 214 valence electrons. The van der Waals surface area contributed by atoms with E-state index in [1.807, 2.05) is 82.4 Å². The maximum absolute atomic E-state index is 13.0. The number of aryl methyl sites for hydroxylation is 1. The van der Waals surface area contributed by atoms with Crippen molar-refractivity contribution in [2.24, 2.45) is 0 Å². The summed E-state index contributed by atoms with van der Waals surface area (Å²) in [5, 5.41) is 9.64. The van der Waals surface area contributed by atoms with E-state index in [0.717, 1.165) is 34.3 Å². The van der Waals surface area contributed by atoms with Gasteiger partial charge in [-0.15, -0.1) is 0 Å². The zero-order valence-corrected chi connectivity index (χ0v) is 24.3. The lowest BCUT2D eigenvalue weighted by atomic mass is 10.2. The van der Waals surface area contributed by atoms with Gasteiger partial charge in [-0.1, -0.05) is 43.7 Å². The molecular formula is C32H41N3O5. The molecule has 3 aromatic carbocycles. The van der Waals surface area contributed by atoms with E-state index < -0.39 is 0 Å². The van der Waals surface area contributed by atoms with E-state index in [0.29, 0.717) is 31.1 Å².